The van der Waals surface area contributed by atoms with Gasteiger partial charge < -0.3 is 10.2 Å². The molecule has 18 heavy (non-hydrogen) atoms. The number of hydrogen-bond acceptors (Lipinski definition) is 5. The van der Waals surface area contributed by atoms with E-state index in [1.54, 1.807) is 0 Å². The van der Waals surface area contributed by atoms with Crippen LogP contribution in [0.2, 0.25) is 0 Å². The Labute approximate surface area is 111 Å². The van der Waals surface area contributed by atoms with E-state index in [0.29, 0.717) is 17.0 Å². The molecule has 1 aliphatic rings. The smallest absolute Gasteiger partial charge is 0.224 e. The van der Waals surface area contributed by atoms with E-state index < -0.39 is 0 Å². The lowest BCUT2D eigenvalue weighted by molar-refractivity contribution is 0.568. The summed E-state index contributed by atoms with van der Waals surface area (Å²) in [6.07, 6.45) is 1.25. The molecular formula is C12H19FN4S. The zero-order valence-corrected chi connectivity index (χ0v) is 11.8. The maximum absolute atomic E-state index is 13.9. The Hall–Kier alpha value is -1.04. The summed E-state index contributed by atoms with van der Waals surface area (Å²) < 4.78 is 13.9. The average Bonchev–Trinajstić information content (AvgIpc) is 2.36. The van der Waals surface area contributed by atoms with Gasteiger partial charge in [-0.25, -0.2) is 9.37 Å². The molecule has 0 saturated carbocycles. The SMILES string of the molecule is CCNc1ncc(F)c(N2CCSC(C)C2C)n1. The Bertz CT molecular complexity index is 415. The van der Waals surface area contributed by atoms with Gasteiger partial charge in [-0.1, -0.05) is 6.92 Å². The third-order valence-electron chi connectivity index (χ3n) is 3.22. The molecule has 1 saturated heterocycles. The number of thioether (sulfide) groups is 1. The fourth-order valence-corrected chi connectivity index (χ4v) is 3.13. The highest BCUT2D eigenvalue weighted by molar-refractivity contribution is 8.00. The first-order chi connectivity index (χ1) is 8.63. The molecule has 0 amide bonds. The van der Waals surface area contributed by atoms with E-state index in [1.165, 1.54) is 6.20 Å². The molecule has 1 fully saturated rings. The topological polar surface area (TPSA) is 41.1 Å². The lowest BCUT2D eigenvalue weighted by atomic mass is 10.2. The van der Waals surface area contributed by atoms with Gasteiger partial charge in [0, 0.05) is 30.1 Å². The first-order valence-corrected chi connectivity index (χ1v) is 7.33. The zero-order chi connectivity index (χ0) is 13.1. The molecule has 1 aliphatic heterocycles. The Kier molecular flexibility index (Phi) is 4.27. The Balaban J connectivity index is 2.27. The molecule has 0 bridgehead atoms. The number of nitrogens with one attached hydrogen (secondary N) is 1. The molecule has 100 valence electrons. The van der Waals surface area contributed by atoms with Crippen molar-refractivity contribution in [2.45, 2.75) is 32.1 Å². The van der Waals surface area contributed by atoms with Crippen molar-refractivity contribution in [2.24, 2.45) is 0 Å². The minimum Gasteiger partial charge on any atom is -0.354 e. The first-order valence-electron chi connectivity index (χ1n) is 6.28. The third-order valence-corrected chi connectivity index (χ3v) is 4.55. The largest absolute Gasteiger partial charge is 0.354 e. The van der Waals surface area contributed by atoms with Crippen molar-refractivity contribution < 1.29 is 4.39 Å². The van der Waals surface area contributed by atoms with Crippen molar-refractivity contribution in [2.75, 3.05) is 29.1 Å². The Morgan fingerprint density at radius 1 is 1.56 bits per heavy atom. The highest BCUT2D eigenvalue weighted by atomic mass is 32.2. The van der Waals surface area contributed by atoms with Crippen LogP contribution in [0.3, 0.4) is 0 Å². The van der Waals surface area contributed by atoms with Gasteiger partial charge in [-0.2, -0.15) is 16.7 Å². The Morgan fingerprint density at radius 3 is 3.06 bits per heavy atom. The standard InChI is InChI=1S/C12H19FN4S/c1-4-14-12-15-7-10(13)11(16-12)17-5-6-18-9(3)8(17)2/h7-9H,4-6H2,1-3H3,(H,14,15,16). The van der Waals surface area contributed by atoms with Crippen LogP contribution in [-0.2, 0) is 0 Å². The molecule has 1 aromatic rings. The summed E-state index contributed by atoms with van der Waals surface area (Å²) in [5.74, 6) is 1.57. The van der Waals surface area contributed by atoms with Gasteiger partial charge in [-0.05, 0) is 13.8 Å². The molecule has 2 heterocycles. The quantitative estimate of drug-likeness (QED) is 0.913. The minimum absolute atomic E-state index is 0.280. The first kappa shape index (κ1) is 13.4. The van der Waals surface area contributed by atoms with Crippen LogP contribution in [0.1, 0.15) is 20.8 Å². The van der Waals surface area contributed by atoms with Gasteiger partial charge in [0.25, 0.3) is 0 Å². The van der Waals surface area contributed by atoms with Crippen molar-refractivity contribution in [3.63, 3.8) is 0 Å². The number of anilines is 2. The molecule has 6 heteroatoms. The van der Waals surface area contributed by atoms with Crippen LogP contribution in [0, 0.1) is 5.82 Å². The molecule has 1 N–H and O–H groups in total. The fourth-order valence-electron chi connectivity index (χ4n) is 2.03. The van der Waals surface area contributed by atoms with Crippen LogP contribution in [0.5, 0.6) is 0 Å². The molecule has 0 radical (unpaired) electrons. The van der Waals surface area contributed by atoms with E-state index in [0.717, 1.165) is 18.8 Å². The summed E-state index contributed by atoms with van der Waals surface area (Å²) in [5.41, 5.74) is 0. The van der Waals surface area contributed by atoms with Gasteiger partial charge in [0.15, 0.2) is 11.6 Å². The Morgan fingerprint density at radius 2 is 2.33 bits per heavy atom. The van der Waals surface area contributed by atoms with Gasteiger partial charge in [0.1, 0.15) is 0 Å². The third kappa shape index (κ3) is 2.68. The van der Waals surface area contributed by atoms with Crippen LogP contribution in [0.15, 0.2) is 6.20 Å². The second-order valence-electron chi connectivity index (χ2n) is 4.41. The fraction of sp³-hybridized carbons (Fsp3) is 0.667. The van der Waals surface area contributed by atoms with Crippen LogP contribution in [0.4, 0.5) is 16.2 Å². The van der Waals surface area contributed by atoms with E-state index in [2.05, 4.69) is 29.1 Å². The van der Waals surface area contributed by atoms with Crippen molar-refractivity contribution in [3.05, 3.63) is 12.0 Å². The van der Waals surface area contributed by atoms with Crippen LogP contribution >= 0.6 is 11.8 Å². The number of nitrogens with zero attached hydrogens (tertiary/aromatic N) is 3. The number of hydrogen-bond donors (Lipinski definition) is 1. The maximum Gasteiger partial charge on any atom is 0.224 e. The summed E-state index contributed by atoms with van der Waals surface area (Å²) in [6.45, 7) is 7.81. The van der Waals surface area contributed by atoms with Gasteiger partial charge in [0.2, 0.25) is 5.95 Å². The van der Waals surface area contributed by atoms with Gasteiger partial charge in [-0.15, -0.1) is 0 Å². The van der Waals surface area contributed by atoms with E-state index in [1.807, 2.05) is 23.6 Å². The van der Waals surface area contributed by atoms with E-state index >= 15 is 0 Å². The molecule has 4 nitrogen and oxygen atoms in total. The summed E-state index contributed by atoms with van der Waals surface area (Å²) in [7, 11) is 0. The van der Waals surface area contributed by atoms with Crippen molar-refractivity contribution >= 4 is 23.5 Å². The summed E-state index contributed by atoms with van der Waals surface area (Å²) in [5, 5.41) is 3.50. The summed E-state index contributed by atoms with van der Waals surface area (Å²) in [6, 6.07) is 0.280. The molecule has 2 rings (SSSR count). The predicted molar refractivity (Wildman–Crippen MR) is 74.9 cm³/mol. The van der Waals surface area contributed by atoms with Crippen molar-refractivity contribution in [1.82, 2.24) is 9.97 Å². The van der Waals surface area contributed by atoms with E-state index in [4.69, 9.17) is 0 Å². The summed E-state index contributed by atoms with van der Waals surface area (Å²) in [4.78, 5) is 10.3. The highest BCUT2D eigenvalue weighted by Gasteiger charge is 2.28. The van der Waals surface area contributed by atoms with Crippen LogP contribution < -0.4 is 10.2 Å². The van der Waals surface area contributed by atoms with E-state index in [9.17, 15) is 4.39 Å². The monoisotopic (exact) mass is 270 g/mol. The van der Waals surface area contributed by atoms with Crippen LogP contribution in [0.25, 0.3) is 0 Å². The minimum atomic E-state index is -0.345. The molecule has 0 aliphatic carbocycles. The predicted octanol–water partition coefficient (Wildman–Crippen LogP) is 2.38. The second kappa shape index (κ2) is 5.73. The molecule has 1 aromatic heterocycles. The highest BCUT2D eigenvalue weighted by Crippen LogP contribution is 2.29. The average molecular weight is 270 g/mol. The van der Waals surface area contributed by atoms with Gasteiger partial charge >= 0.3 is 0 Å². The second-order valence-corrected chi connectivity index (χ2v) is 5.89. The number of rotatable bonds is 3. The van der Waals surface area contributed by atoms with Crippen molar-refractivity contribution in [3.8, 4) is 0 Å². The molecule has 2 unspecified atom stereocenters. The lowest BCUT2D eigenvalue weighted by Crippen LogP contribution is -2.45. The number of aromatic nitrogens is 2. The molecule has 0 aromatic carbocycles. The summed E-state index contributed by atoms with van der Waals surface area (Å²) >= 11 is 1.92. The normalized spacial score (nSPS) is 24.1. The number of halogens is 1. The maximum atomic E-state index is 13.9. The molecule has 2 atom stereocenters. The van der Waals surface area contributed by atoms with Crippen molar-refractivity contribution in [1.29, 1.82) is 0 Å². The van der Waals surface area contributed by atoms with Gasteiger partial charge in [-0.3, -0.25) is 0 Å². The van der Waals surface area contributed by atoms with E-state index in [-0.39, 0.29) is 11.9 Å². The zero-order valence-electron chi connectivity index (χ0n) is 11.0. The molecule has 0 spiro atoms. The molecular weight excluding hydrogens is 251 g/mol. The van der Waals surface area contributed by atoms with Gasteiger partial charge in [0.05, 0.1) is 6.20 Å². The lowest BCUT2D eigenvalue weighted by Gasteiger charge is -2.38. The van der Waals surface area contributed by atoms with Crippen LogP contribution in [-0.4, -0.2) is 40.1 Å².